The molecule has 35 heavy (non-hydrogen) atoms. The second-order valence-electron chi connectivity index (χ2n) is 9.46. The zero-order valence-electron chi connectivity index (χ0n) is 19.6. The summed E-state index contributed by atoms with van der Waals surface area (Å²) in [5.41, 5.74) is 2.65. The third-order valence-electron chi connectivity index (χ3n) is 7.29. The van der Waals surface area contributed by atoms with Crippen LogP contribution in [0.25, 0.3) is 5.76 Å². The maximum absolute atomic E-state index is 13.7. The van der Waals surface area contributed by atoms with Crippen LogP contribution < -0.4 is 11.1 Å². The summed E-state index contributed by atoms with van der Waals surface area (Å²) in [6, 6.07) is 0.270. The Morgan fingerprint density at radius 2 is 1.94 bits per heavy atom. The maximum Gasteiger partial charge on any atom is 0.255 e. The Balaban J connectivity index is 1.94. The first-order chi connectivity index (χ1) is 16.4. The van der Waals surface area contributed by atoms with Crippen LogP contribution in [0.2, 0.25) is 5.02 Å². The van der Waals surface area contributed by atoms with Gasteiger partial charge in [-0.1, -0.05) is 18.5 Å². The van der Waals surface area contributed by atoms with Gasteiger partial charge in [0.05, 0.1) is 11.6 Å². The molecule has 3 aliphatic rings. The number of benzene rings is 1. The summed E-state index contributed by atoms with van der Waals surface area (Å²) in [6.07, 6.45) is 0.168. The molecule has 1 fully saturated rings. The molecule has 0 aromatic heterocycles. The number of nitrogens with one attached hydrogen (secondary N) is 1. The Bertz CT molecular complexity index is 1220. The maximum atomic E-state index is 13.7. The molecular weight excluding hydrogens is 478 g/mol. The molecule has 7 N–H and O–H groups in total. The topological polar surface area (TPSA) is 173 Å². The molecule has 4 rings (SSSR count). The SMILES string of the molecule is CCNCc1cc(O)c2c(c1Cl)C[C@H]1C[C@H]3[C@H](N(C)C)C(=O)C(C(N)=O)=C(O)[C@@]3(O)C(=O)C1=C2O. The number of fused-ring (bicyclic) bond motifs is 3. The first kappa shape index (κ1) is 25.2. The molecular formula is C24H28ClN3O7. The lowest BCUT2D eigenvalue weighted by molar-refractivity contribution is -0.153. The minimum atomic E-state index is -2.66. The minimum absolute atomic E-state index is 0.0142. The largest absolute Gasteiger partial charge is 0.508 e. The Morgan fingerprint density at radius 3 is 2.51 bits per heavy atom. The van der Waals surface area contributed by atoms with Crippen molar-refractivity contribution in [1.29, 1.82) is 0 Å². The number of aliphatic hydroxyl groups excluding tert-OH is 2. The van der Waals surface area contributed by atoms with E-state index in [-0.39, 0.29) is 29.7 Å². The fourth-order valence-electron chi connectivity index (χ4n) is 5.74. The third kappa shape index (κ3) is 3.47. The van der Waals surface area contributed by atoms with E-state index in [0.29, 0.717) is 29.2 Å². The average molecular weight is 506 g/mol. The Morgan fingerprint density at radius 1 is 1.29 bits per heavy atom. The van der Waals surface area contributed by atoms with Crippen LogP contribution in [0, 0.1) is 11.8 Å². The summed E-state index contributed by atoms with van der Waals surface area (Å²) in [6.45, 7) is 2.97. The van der Waals surface area contributed by atoms with Crippen LogP contribution in [0.5, 0.6) is 5.75 Å². The van der Waals surface area contributed by atoms with Crippen molar-refractivity contribution in [3.63, 3.8) is 0 Å². The number of Topliss-reactive ketones (excluding diaryl/α,β-unsaturated/α-hetero) is 2. The number of halogens is 1. The number of primary amides is 1. The number of amides is 1. The molecule has 0 unspecified atom stereocenters. The summed E-state index contributed by atoms with van der Waals surface area (Å²) in [5, 5.41) is 47.7. The van der Waals surface area contributed by atoms with Crippen LogP contribution >= 0.6 is 11.6 Å². The van der Waals surface area contributed by atoms with Gasteiger partial charge in [-0.25, -0.2) is 0 Å². The van der Waals surface area contributed by atoms with Crippen molar-refractivity contribution in [3.05, 3.63) is 44.7 Å². The number of hydrogen-bond acceptors (Lipinski definition) is 9. The second kappa shape index (κ2) is 8.63. The van der Waals surface area contributed by atoms with Gasteiger partial charge in [0.2, 0.25) is 5.78 Å². The molecule has 188 valence electrons. The molecule has 10 nitrogen and oxygen atoms in total. The molecule has 11 heteroatoms. The van der Waals surface area contributed by atoms with Crippen molar-refractivity contribution in [2.45, 2.75) is 38.0 Å². The molecule has 1 aromatic rings. The third-order valence-corrected chi connectivity index (χ3v) is 7.77. The van der Waals surface area contributed by atoms with Gasteiger partial charge in [0.1, 0.15) is 22.8 Å². The molecule has 1 saturated carbocycles. The van der Waals surface area contributed by atoms with Crippen LogP contribution in [0.1, 0.15) is 30.0 Å². The van der Waals surface area contributed by atoms with E-state index in [4.69, 9.17) is 17.3 Å². The van der Waals surface area contributed by atoms with Gasteiger partial charge in [-0.3, -0.25) is 19.3 Å². The molecule has 0 spiro atoms. The van der Waals surface area contributed by atoms with Crippen molar-refractivity contribution in [3.8, 4) is 5.75 Å². The van der Waals surface area contributed by atoms with Gasteiger partial charge in [-0.2, -0.15) is 0 Å². The predicted octanol–water partition coefficient (Wildman–Crippen LogP) is 0.727. The molecule has 3 aliphatic carbocycles. The number of aromatic hydroxyl groups is 1. The monoisotopic (exact) mass is 505 g/mol. The molecule has 4 atom stereocenters. The molecule has 0 saturated heterocycles. The van der Waals surface area contributed by atoms with Crippen molar-refractivity contribution in [2.75, 3.05) is 20.6 Å². The first-order valence-electron chi connectivity index (χ1n) is 11.3. The summed E-state index contributed by atoms with van der Waals surface area (Å²) in [5.74, 6) is -6.86. The van der Waals surface area contributed by atoms with Crippen LogP contribution in [0.15, 0.2) is 23.0 Å². The number of rotatable bonds is 5. The number of aliphatic hydroxyl groups is 3. The molecule has 1 aromatic carbocycles. The predicted molar refractivity (Wildman–Crippen MR) is 127 cm³/mol. The molecule has 0 heterocycles. The van der Waals surface area contributed by atoms with Gasteiger partial charge >= 0.3 is 0 Å². The van der Waals surface area contributed by atoms with E-state index in [9.17, 15) is 34.8 Å². The van der Waals surface area contributed by atoms with Crippen molar-refractivity contribution >= 4 is 34.8 Å². The number of hydrogen-bond donors (Lipinski definition) is 6. The standard InChI is InChI=1S/C24H28ClN3O7/c1-4-27-8-10-7-13(29)15-11(17(10)25)5-9-6-12-18(28(2)3)20(31)16(23(26)34)22(33)24(12,35)21(32)14(9)19(15)30/h7,9,12,18,27,29-30,33,35H,4-6,8H2,1-3H3,(H2,26,34)/t9-,12-,18-,24-/m0/s1. The number of ketones is 2. The van der Waals surface area contributed by atoms with Crippen molar-refractivity contribution in [1.82, 2.24) is 10.2 Å². The summed E-state index contributed by atoms with van der Waals surface area (Å²) < 4.78 is 0. The van der Waals surface area contributed by atoms with E-state index in [2.05, 4.69) is 5.32 Å². The molecule has 0 aliphatic heterocycles. The highest BCUT2D eigenvalue weighted by atomic mass is 35.5. The van der Waals surface area contributed by atoms with E-state index < -0.39 is 58.0 Å². The highest BCUT2D eigenvalue weighted by Gasteiger charge is 2.64. The van der Waals surface area contributed by atoms with Crippen LogP contribution in [-0.4, -0.2) is 75.1 Å². The quantitative estimate of drug-likeness (QED) is 0.315. The lowest BCUT2D eigenvalue weighted by Gasteiger charge is -2.50. The van der Waals surface area contributed by atoms with E-state index >= 15 is 0 Å². The number of carbonyl (C=O) groups excluding carboxylic acids is 3. The number of phenolic OH excluding ortho intramolecular Hbond substituents is 1. The fraction of sp³-hybridized carbons (Fsp3) is 0.458. The summed E-state index contributed by atoms with van der Waals surface area (Å²) >= 11 is 6.63. The average Bonchev–Trinajstić information content (AvgIpc) is 2.77. The lowest BCUT2D eigenvalue weighted by atomic mass is 9.57. The minimum Gasteiger partial charge on any atom is -0.508 e. The van der Waals surface area contributed by atoms with E-state index in [0.717, 1.165) is 0 Å². The van der Waals surface area contributed by atoms with Crippen molar-refractivity contribution in [2.24, 2.45) is 17.6 Å². The second-order valence-corrected chi connectivity index (χ2v) is 9.84. The number of phenols is 1. The number of likely N-dealkylation sites (N-methyl/N-ethyl adjacent to an activating group) is 1. The van der Waals surface area contributed by atoms with Gasteiger partial charge < -0.3 is 31.5 Å². The number of carbonyl (C=O) groups is 3. The van der Waals surface area contributed by atoms with Gasteiger partial charge in [0, 0.05) is 23.1 Å². The van der Waals surface area contributed by atoms with Gasteiger partial charge in [0.25, 0.3) is 5.91 Å². The lowest BCUT2D eigenvalue weighted by Crippen LogP contribution is -2.65. The number of nitrogens with zero attached hydrogens (tertiary/aromatic N) is 1. The molecule has 0 bridgehead atoms. The Labute approximate surface area is 206 Å². The Hall–Kier alpha value is -2.92. The smallest absolute Gasteiger partial charge is 0.255 e. The van der Waals surface area contributed by atoms with Crippen molar-refractivity contribution < 1.29 is 34.8 Å². The van der Waals surface area contributed by atoms with E-state index in [1.54, 1.807) is 14.1 Å². The first-order valence-corrected chi connectivity index (χ1v) is 11.6. The Kier molecular flexibility index (Phi) is 6.21. The zero-order chi connectivity index (χ0) is 26.0. The van der Waals surface area contributed by atoms with Gasteiger partial charge in [-0.15, -0.1) is 0 Å². The highest BCUT2D eigenvalue weighted by Crippen LogP contribution is 2.53. The molecule has 0 radical (unpaired) electrons. The number of nitrogens with two attached hydrogens (primary N) is 1. The highest BCUT2D eigenvalue weighted by molar-refractivity contribution is 6.32. The van der Waals surface area contributed by atoms with Crippen LogP contribution in [0.3, 0.4) is 0 Å². The van der Waals surface area contributed by atoms with E-state index in [1.165, 1.54) is 11.0 Å². The van der Waals surface area contributed by atoms with Gasteiger partial charge in [-0.05, 0) is 56.6 Å². The fourth-order valence-corrected chi connectivity index (χ4v) is 6.03. The van der Waals surface area contributed by atoms with Crippen LogP contribution in [0.4, 0.5) is 0 Å². The zero-order valence-corrected chi connectivity index (χ0v) is 20.3. The van der Waals surface area contributed by atoms with E-state index in [1.807, 2.05) is 6.92 Å². The van der Waals surface area contributed by atoms with Crippen LogP contribution in [-0.2, 0) is 27.3 Å². The molecule has 1 amide bonds. The normalized spacial score (nSPS) is 28.2. The van der Waals surface area contributed by atoms with Gasteiger partial charge in [0.15, 0.2) is 11.4 Å². The summed E-state index contributed by atoms with van der Waals surface area (Å²) in [7, 11) is 3.10. The summed E-state index contributed by atoms with van der Waals surface area (Å²) in [4.78, 5) is 40.3.